The van der Waals surface area contributed by atoms with Crippen LogP contribution in [0.5, 0.6) is 5.75 Å². The van der Waals surface area contributed by atoms with Gasteiger partial charge in [-0.25, -0.2) is 0 Å². The molecular weight excluding hydrogens is 404 g/mol. The fourth-order valence-electron chi connectivity index (χ4n) is 3.53. The molecule has 0 aliphatic carbocycles. The van der Waals surface area contributed by atoms with Gasteiger partial charge in [0.15, 0.2) is 0 Å². The normalized spacial score (nSPS) is 15.2. The van der Waals surface area contributed by atoms with E-state index in [9.17, 15) is 4.79 Å². The molecule has 1 amide bonds. The van der Waals surface area contributed by atoms with Gasteiger partial charge in [-0.15, -0.1) is 11.8 Å². The lowest BCUT2D eigenvalue weighted by atomic mass is 9.95. The smallest absolute Gasteiger partial charge is 0.223 e. The third-order valence-corrected chi connectivity index (χ3v) is 6.32. The Morgan fingerprint density at radius 1 is 1.21 bits per heavy atom. The van der Waals surface area contributed by atoms with Crippen LogP contribution in [0.3, 0.4) is 0 Å². The van der Waals surface area contributed by atoms with Crippen LogP contribution >= 0.6 is 23.4 Å². The van der Waals surface area contributed by atoms with E-state index in [1.54, 1.807) is 11.8 Å². The molecule has 0 spiro atoms. The van der Waals surface area contributed by atoms with Crippen LogP contribution in [0, 0.1) is 5.92 Å². The molecule has 0 radical (unpaired) electrons. The maximum atomic E-state index is 12.5. The van der Waals surface area contributed by atoms with E-state index in [4.69, 9.17) is 16.3 Å². The minimum absolute atomic E-state index is 0.126. The summed E-state index contributed by atoms with van der Waals surface area (Å²) >= 11 is 7.63. The van der Waals surface area contributed by atoms with Crippen LogP contribution < -0.4 is 10.1 Å². The average Bonchev–Trinajstić information content (AvgIpc) is 2.73. The number of likely N-dealkylation sites (tertiary alicyclic amines) is 1. The molecule has 0 bridgehead atoms. The highest BCUT2D eigenvalue weighted by molar-refractivity contribution is 7.99. The van der Waals surface area contributed by atoms with Gasteiger partial charge in [-0.2, -0.15) is 0 Å². The Morgan fingerprint density at radius 3 is 2.69 bits per heavy atom. The van der Waals surface area contributed by atoms with E-state index in [2.05, 4.69) is 22.3 Å². The van der Waals surface area contributed by atoms with Crippen molar-refractivity contribution in [3.8, 4) is 5.75 Å². The van der Waals surface area contributed by atoms with Gasteiger partial charge in [0, 0.05) is 34.7 Å². The van der Waals surface area contributed by atoms with Crippen LogP contribution in [0.1, 0.15) is 25.3 Å². The highest BCUT2D eigenvalue weighted by Crippen LogP contribution is 2.22. The number of carbonyl (C=O) groups excluding carboxylic acids is 1. The minimum Gasteiger partial charge on any atom is -0.494 e. The molecule has 0 atom stereocenters. The maximum absolute atomic E-state index is 12.5. The van der Waals surface area contributed by atoms with Gasteiger partial charge in [0.1, 0.15) is 5.75 Å². The maximum Gasteiger partial charge on any atom is 0.223 e. The molecule has 1 aliphatic rings. The molecule has 4 nitrogen and oxygen atoms in total. The number of thioether (sulfide) groups is 1. The van der Waals surface area contributed by atoms with Crippen molar-refractivity contribution in [3.05, 3.63) is 59.1 Å². The fraction of sp³-hybridized carbons (Fsp3) is 0.435. The number of ether oxygens (including phenoxy) is 1. The quantitative estimate of drug-likeness (QED) is 0.454. The summed E-state index contributed by atoms with van der Waals surface area (Å²) in [6.07, 6.45) is 1.84. The number of rotatable bonds is 9. The summed E-state index contributed by atoms with van der Waals surface area (Å²) in [6.45, 7) is 6.19. The predicted molar refractivity (Wildman–Crippen MR) is 121 cm³/mol. The van der Waals surface area contributed by atoms with Crippen LogP contribution in [-0.4, -0.2) is 42.8 Å². The summed E-state index contributed by atoms with van der Waals surface area (Å²) in [7, 11) is 0. The molecule has 0 saturated carbocycles. The topological polar surface area (TPSA) is 41.6 Å². The molecular formula is C23H29ClN2O2S. The van der Waals surface area contributed by atoms with Crippen molar-refractivity contribution in [1.29, 1.82) is 0 Å². The van der Waals surface area contributed by atoms with E-state index in [1.807, 2.05) is 43.3 Å². The number of carbonyl (C=O) groups is 1. The van der Waals surface area contributed by atoms with Gasteiger partial charge in [0.25, 0.3) is 0 Å². The second-order valence-electron chi connectivity index (χ2n) is 7.22. The Kier molecular flexibility index (Phi) is 8.71. The zero-order valence-electron chi connectivity index (χ0n) is 16.9. The molecule has 3 rings (SSSR count). The second-order valence-corrected chi connectivity index (χ2v) is 8.83. The van der Waals surface area contributed by atoms with Gasteiger partial charge in [0.2, 0.25) is 5.91 Å². The Balaban J connectivity index is 1.34. The zero-order chi connectivity index (χ0) is 20.5. The number of hydrogen-bond donors (Lipinski definition) is 1. The largest absolute Gasteiger partial charge is 0.494 e. The molecule has 0 aromatic heterocycles. The summed E-state index contributed by atoms with van der Waals surface area (Å²) < 4.78 is 5.59. The second kappa shape index (κ2) is 11.5. The Labute approximate surface area is 183 Å². The highest BCUT2D eigenvalue weighted by atomic mass is 35.5. The van der Waals surface area contributed by atoms with Gasteiger partial charge in [-0.05, 0) is 74.8 Å². The van der Waals surface area contributed by atoms with Crippen molar-refractivity contribution in [1.82, 2.24) is 10.2 Å². The molecule has 1 N–H and O–H groups in total. The molecule has 1 heterocycles. The van der Waals surface area contributed by atoms with Crippen molar-refractivity contribution >= 4 is 29.3 Å². The number of hydrogen-bond acceptors (Lipinski definition) is 4. The van der Waals surface area contributed by atoms with E-state index in [-0.39, 0.29) is 11.8 Å². The van der Waals surface area contributed by atoms with E-state index in [0.29, 0.717) is 13.2 Å². The summed E-state index contributed by atoms with van der Waals surface area (Å²) in [4.78, 5) is 16.1. The third kappa shape index (κ3) is 7.25. The molecule has 2 aromatic rings. The SMILES string of the molecule is CCOc1cccc(CN2CCC(C(=O)NCCSc3ccc(Cl)cc3)CC2)c1. The van der Waals surface area contributed by atoms with Crippen molar-refractivity contribution < 1.29 is 9.53 Å². The monoisotopic (exact) mass is 432 g/mol. The lowest BCUT2D eigenvalue weighted by molar-refractivity contribution is -0.126. The number of benzene rings is 2. The number of nitrogens with one attached hydrogen (secondary N) is 1. The molecule has 156 valence electrons. The highest BCUT2D eigenvalue weighted by Gasteiger charge is 2.24. The number of halogens is 1. The molecule has 0 unspecified atom stereocenters. The third-order valence-electron chi connectivity index (χ3n) is 5.06. The summed E-state index contributed by atoms with van der Waals surface area (Å²) in [5.41, 5.74) is 1.26. The zero-order valence-corrected chi connectivity index (χ0v) is 18.5. The van der Waals surface area contributed by atoms with Crippen LogP contribution in [0.15, 0.2) is 53.4 Å². The minimum atomic E-state index is 0.126. The number of amides is 1. The van der Waals surface area contributed by atoms with Gasteiger partial charge in [0.05, 0.1) is 6.61 Å². The van der Waals surface area contributed by atoms with Crippen molar-refractivity contribution in [2.24, 2.45) is 5.92 Å². The first-order valence-corrected chi connectivity index (χ1v) is 11.6. The Morgan fingerprint density at radius 2 is 1.97 bits per heavy atom. The lowest BCUT2D eigenvalue weighted by Gasteiger charge is -2.31. The number of nitrogens with zero attached hydrogens (tertiary/aromatic N) is 1. The summed E-state index contributed by atoms with van der Waals surface area (Å²) in [5.74, 6) is 2.11. The predicted octanol–water partition coefficient (Wildman–Crippen LogP) is 4.86. The van der Waals surface area contributed by atoms with Gasteiger partial charge in [-0.3, -0.25) is 9.69 Å². The average molecular weight is 433 g/mol. The Hall–Kier alpha value is -1.69. The summed E-state index contributed by atoms with van der Waals surface area (Å²) in [6, 6.07) is 16.1. The van der Waals surface area contributed by atoms with Crippen molar-refractivity contribution in [3.63, 3.8) is 0 Å². The lowest BCUT2D eigenvalue weighted by Crippen LogP contribution is -2.40. The van der Waals surface area contributed by atoms with Crippen LogP contribution in [-0.2, 0) is 11.3 Å². The molecule has 1 fully saturated rings. The van der Waals surface area contributed by atoms with Crippen molar-refractivity contribution in [2.45, 2.75) is 31.2 Å². The van der Waals surface area contributed by atoms with E-state index >= 15 is 0 Å². The molecule has 6 heteroatoms. The van der Waals surface area contributed by atoms with E-state index < -0.39 is 0 Å². The standard InChI is InChI=1S/C23H29ClN2O2S/c1-2-28-21-5-3-4-18(16-21)17-26-13-10-19(11-14-26)23(27)25-12-15-29-22-8-6-20(24)7-9-22/h3-9,16,19H,2,10-15,17H2,1H3,(H,25,27). The van der Waals surface area contributed by atoms with E-state index in [0.717, 1.165) is 49.0 Å². The first-order valence-electron chi connectivity index (χ1n) is 10.2. The van der Waals surface area contributed by atoms with Crippen LogP contribution in [0.4, 0.5) is 0 Å². The first-order chi connectivity index (χ1) is 14.1. The fourth-order valence-corrected chi connectivity index (χ4v) is 4.42. The molecule has 1 saturated heterocycles. The summed E-state index contributed by atoms with van der Waals surface area (Å²) in [5, 5.41) is 3.85. The van der Waals surface area contributed by atoms with Crippen LogP contribution in [0.2, 0.25) is 5.02 Å². The molecule has 1 aliphatic heterocycles. The van der Waals surface area contributed by atoms with Gasteiger partial charge >= 0.3 is 0 Å². The van der Waals surface area contributed by atoms with Crippen LogP contribution in [0.25, 0.3) is 0 Å². The van der Waals surface area contributed by atoms with Gasteiger partial charge < -0.3 is 10.1 Å². The Bertz CT molecular complexity index is 777. The number of piperidine rings is 1. The molecule has 2 aromatic carbocycles. The first kappa shape index (κ1) is 22.0. The molecule has 29 heavy (non-hydrogen) atoms. The van der Waals surface area contributed by atoms with Crippen molar-refractivity contribution in [2.75, 3.05) is 32.0 Å². The van der Waals surface area contributed by atoms with E-state index in [1.165, 1.54) is 10.5 Å². The van der Waals surface area contributed by atoms with Gasteiger partial charge in [-0.1, -0.05) is 23.7 Å².